The Morgan fingerprint density at radius 1 is 1.33 bits per heavy atom. The molecule has 0 aromatic heterocycles. The van der Waals surface area contributed by atoms with Crippen molar-refractivity contribution in [2.45, 2.75) is 17.1 Å². The lowest BCUT2D eigenvalue weighted by atomic mass is 9.94. The van der Waals surface area contributed by atoms with Gasteiger partial charge in [-0.2, -0.15) is 13.2 Å². The van der Waals surface area contributed by atoms with Crippen LogP contribution in [0.25, 0.3) is 0 Å². The Bertz CT molecular complexity index is 233. The highest BCUT2D eigenvalue weighted by Gasteiger charge is 2.55. The van der Waals surface area contributed by atoms with Crippen molar-refractivity contribution in [1.29, 1.82) is 0 Å². The molecule has 1 nitrogen and oxygen atoms in total. The maximum atomic E-state index is 12.3. The molecule has 0 fully saturated rings. The molecule has 12 heavy (non-hydrogen) atoms. The van der Waals surface area contributed by atoms with Crippen molar-refractivity contribution in [2.75, 3.05) is 0 Å². The Balaban J connectivity index is 2.99. The molecule has 1 aliphatic rings. The molecule has 0 saturated heterocycles. The van der Waals surface area contributed by atoms with Crippen LogP contribution in [0, 0.1) is 0 Å². The topological polar surface area (TPSA) is 26.0 Å². The molecule has 0 amide bonds. The molecule has 0 radical (unpaired) electrons. The number of rotatable bonds is 0. The van der Waals surface area contributed by atoms with E-state index >= 15 is 0 Å². The van der Waals surface area contributed by atoms with Gasteiger partial charge in [0, 0.05) is 0 Å². The van der Waals surface area contributed by atoms with Crippen molar-refractivity contribution in [1.82, 2.24) is 0 Å². The summed E-state index contributed by atoms with van der Waals surface area (Å²) in [5.41, 5.74) is 5.21. The van der Waals surface area contributed by atoms with Crippen LogP contribution in [0.4, 0.5) is 13.2 Å². The summed E-state index contributed by atoms with van der Waals surface area (Å²) in [4.78, 5) is -2.44. The first-order valence-electron chi connectivity index (χ1n) is 3.25. The highest BCUT2D eigenvalue weighted by molar-refractivity contribution is 6.26. The van der Waals surface area contributed by atoms with Crippen molar-refractivity contribution < 1.29 is 13.2 Å². The fraction of sp³-hybridized carbons (Fsp3) is 0.429. The Morgan fingerprint density at radius 2 is 1.92 bits per heavy atom. The van der Waals surface area contributed by atoms with Crippen LogP contribution < -0.4 is 5.73 Å². The minimum absolute atomic E-state index is 0.860. The number of halogens is 4. The molecule has 1 rings (SSSR count). The largest absolute Gasteiger partial charge is 0.412 e. The minimum atomic E-state index is -4.52. The lowest BCUT2D eigenvalue weighted by Crippen LogP contribution is -2.52. The lowest BCUT2D eigenvalue weighted by Gasteiger charge is -2.31. The Kier molecular flexibility index (Phi) is 2.23. The van der Waals surface area contributed by atoms with Crippen LogP contribution in [0.3, 0.4) is 0 Å². The third kappa shape index (κ3) is 1.36. The lowest BCUT2D eigenvalue weighted by molar-refractivity contribution is -0.152. The van der Waals surface area contributed by atoms with Gasteiger partial charge in [0.25, 0.3) is 0 Å². The quantitative estimate of drug-likeness (QED) is 0.591. The van der Waals surface area contributed by atoms with E-state index in [4.69, 9.17) is 17.3 Å². The molecule has 0 heterocycles. The van der Waals surface area contributed by atoms with Crippen LogP contribution in [0.1, 0.15) is 0 Å². The van der Waals surface area contributed by atoms with Crippen molar-refractivity contribution in [2.24, 2.45) is 5.73 Å². The second-order valence-corrected chi connectivity index (χ2v) is 3.16. The van der Waals surface area contributed by atoms with E-state index in [0.29, 0.717) is 0 Å². The number of nitrogens with two attached hydrogens (primary N) is 1. The molecule has 2 N–H and O–H groups in total. The Hall–Kier alpha value is -0.480. The van der Waals surface area contributed by atoms with E-state index in [2.05, 4.69) is 0 Å². The fourth-order valence-corrected chi connectivity index (χ4v) is 1.06. The molecule has 0 aromatic rings. The first-order valence-corrected chi connectivity index (χ1v) is 3.63. The van der Waals surface area contributed by atoms with Gasteiger partial charge in [0.2, 0.25) is 0 Å². The molecule has 0 bridgehead atoms. The first kappa shape index (κ1) is 9.61. The number of allylic oxidation sites excluding steroid dienone is 2. The molecular formula is C7H7ClF3N. The van der Waals surface area contributed by atoms with Gasteiger partial charge in [-0.1, -0.05) is 24.3 Å². The zero-order valence-electron chi connectivity index (χ0n) is 5.98. The Morgan fingerprint density at radius 3 is 2.25 bits per heavy atom. The van der Waals surface area contributed by atoms with Crippen LogP contribution in [0.2, 0.25) is 0 Å². The maximum absolute atomic E-state index is 12.3. The summed E-state index contributed by atoms with van der Waals surface area (Å²) in [5, 5.41) is 0. The molecule has 5 heteroatoms. The number of hydrogen-bond donors (Lipinski definition) is 1. The van der Waals surface area contributed by atoms with Gasteiger partial charge >= 0.3 is 6.18 Å². The number of hydrogen-bond acceptors (Lipinski definition) is 1. The van der Waals surface area contributed by atoms with Gasteiger partial charge in [-0.15, -0.1) is 11.6 Å². The minimum Gasteiger partial charge on any atom is -0.322 e. The predicted octanol–water partition coefficient (Wildman–Crippen LogP) is 1.98. The summed E-state index contributed by atoms with van der Waals surface area (Å²) < 4.78 is 36.8. The van der Waals surface area contributed by atoms with Gasteiger partial charge in [-0.3, -0.25) is 0 Å². The monoisotopic (exact) mass is 197 g/mol. The van der Waals surface area contributed by atoms with Crippen molar-refractivity contribution in [3.8, 4) is 0 Å². The summed E-state index contributed by atoms with van der Waals surface area (Å²) in [6, 6.07) is -1.22. The molecule has 0 saturated carbocycles. The van der Waals surface area contributed by atoms with Gasteiger partial charge in [0.15, 0.2) is 4.87 Å². The molecule has 1 aliphatic carbocycles. The van der Waals surface area contributed by atoms with E-state index in [9.17, 15) is 13.2 Å². The summed E-state index contributed by atoms with van der Waals surface area (Å²) in [7, 11) is 0. The third-order valence-electron chi connectivity index (χ3n) is 1.69. The molecule has 0 aliphatic heterocycles. The van der Waals surface area contributed by atoms with Gasteiger partial charge in [-0.25, -0.2) is 0 Å². The van der Waals surface area contributed by atoms with E-state index in [-0.39, 0.29) is 0 Å². The van der Waals surface area contributed by atoms with E-state index < -0.39 is 17.1 Å². The summed E-state index contributed by atoms with van der Waals surface area (Å²) in [5.74, 6) is 0. The molecule has 2 unspecified atom stereocenters. The van der Waals surface area contributed by atoms with Crippen molar-refractivity contribution in [3.63, 3.8) is 0 Å². The average molecular weight is 198 g/mol. The maximum Gasteiger partial charge on any atom is 0.412 e. The van der Waals surface area contributed by atoms with E-state index in [1.807, 2.05) is 0 Å². The van der Waals surface area contributed by atoms with Crippen molar-refractivity contribution in [3.05, 3.63) is 24.3 Å². The van der Waals surface area contributed by atoms with E-state index in [1.165, 1.54) is 18.2 Å². The molecule has 0 aromatic carbocycles. The highest BCUT2D eigenvalue weighted by atomic mass is 35.5. The summed E-state index contributed by atoms with van der Waals surface area (Å²) >= 11 is 5.31. The zero-order chi connectivity index (χ0) is 9.41. The SMILES string of the molecule is NC1C=CC=CC1(Cl)C(F)(F)F. The molecule has 2 atom stereocenters. The van der Waals surface area contributed by atoms with Gasteiger partial charge in [0.05, 0.1) is 6.04 Å². The third-order valence-corrected chi connectivity index (χ3v) is 2.28. The van der Waals surface area contributed by atoms with E-state index in [0.717, 1.165) is 6.08 Å². The zero-order valence-corrected chi connectivity index (χ0v) is 6.73. The van der Waals surface area contributed by atoms with Crippen LogP contribution >= 0.6 is 11.6 Å². The normalized spacial score (nSPS) is 35.6. The first-order chi connectivity index (χ1) is 5.38. The van der Waals surface area contributed by atoms with Gasteiger partial charge in [0.1, 0.15) is 0 Å². The summed E-state index contributed by atoms with van der Waals surface area (Å²) in [6.07, 6.45) is 0.246. The molecule has 0 spiro atoms. The summed E-state index contributed by atoms with van der Waals surface area (Å²) in [6.45, 7) is 0. The van der Waals surface area contributed by atoms with Gasteiger partial charge in [-0.05, 0) is 0 Å². The standard InChI is InChI=1S/C7H7ClF3N/c8-6(7(9,10)11)4-2-1-3-5(6)12/h1-5H,12H2. The second-order valence-electron chi connectivity index (χ2n) is 2.54. The predicted molar refractivity (Wildman–Crippen MR) is 40.9 cm³/mol. The van der Waals surface area contributed by atoms with Crippen molar-refractivity contribution >= 4 is 11.6 Å². The highest BCUT2D eigenvalue weighted by Crippen LogP contribution is 2.41. The average Bonchev–Trinajstić information content (AvgIpc) is 1.93. The van der Waals surface area contributed by atoms with Gasteiger partial charge < -0.3 is 5.73 Å². The van der Waals surface area contributed by atoms with E-state index in [1.54, 1.807) is 0 Å². The fourth-order valence-electron chi connectivity index (χ4n) is 0.914. The van der Waals surface area contributed by atoms with Crippen LogP contribution in [0.5, 0.6) is 0 Å². The second kappa shape index (κ2) is 2.78. The molecule has 68 valence electrons. The van der Waals surface area contributed by atoms with Crippen LogP contribution in [-0.2, 0) is 0 Å². The Labute approximate surface area is 72.7 Å². The number of alkyl halides is 4. The van der Waals surface area contributed by atoms with Crippen LogP contribution in [-0.4, -0.2) is 17.1 Å². The smallest absolute Gasteiger partial charge is 0.322 e. The molecular weight excluding hydrogens is 191 g/mol. The van der Waals surface area contributed by atoms with Crippen LogP contribution in [0.15, 0.2) is 24.3 Å².